The van der Waals surface area contributed by atoms with Gasteiger partial charge in [-0.1, -0.05) is 13.0 Å². The largest absolute Gasteiger partial charge is 0.452 e. The third-order valence-electron chi connectivity index (χ3n) is 3.63. The molecule has 1 saturated carbocycles. The third kappa shape index (κ3) is 5.31. The van der Waals surface area contributed by atoms with E-state index in [1.165, 1.54) is 24.3 Å². The Bertz CT molecular complexity index is 713. The van der Waals surface area contributed by atoms with Crippen LogP contribution in [0.5, 0.6) is 0 Å². The van der Waals surface area contributed by atoms with Crippen molar-refractivity contribution in [3.05, 3.63) is 29.8 Å². The van der Waals surface area contributed by atoms with Gasteiger partial charge in [0, 0.05) is 12.1 Å². The minimum atomic E-state index is -3.64. The molecule has 2 rings (SSSR count). The highest BCUT2D eigenvalue weighted by Gasteiger charge is 2.28. The molecule has 0 aliphatic heterocycles. The molecule has 1 fully saturated rings. The van der Waals surface area contributed by atoms with E-state index in [9.17, 15) is 18.0 Å². The Balaban J connectivity index is 1.97. The number of esters is 1. The first-order chi connectivity index (χ1) is 11.3. The molecule has 0 radical (unpaired) electrons. The standard InChI is InChI=1S/C16H22N2O5S/c1-3-11(2)17-15(19)10-23-16(20)12-5-4-6-14(9-12)24(21,22)18-13-7-8-13/h4-6,9,11,13,18H,3,7-8,10H2,1-2H3,(H,17,19). The summed E-state index contributed by atoms with van der Waals surface area (Å²) in [5.74, 6) is -1.13. The van der Waals surface area contributed by atoms with Gasteiger partial charge in [0.25, 0.3) is 5.91 Å². The second kappa shape index (κ2) is 7.76. The van der Waals surface area contributed by atoms with Crippen LogP contribution in [0, 0.1) is 0 Å². The lowest BCUT2D eigenvalue weighted by molar-refractivity contribution is -0.124. The van der Waals surface area contributed by atoms with Gasteiger partial charge in [-0.2, -0.15) is 0 Å². The van der Waals surface area contributed by atoms with Gasteiger partial charge in [-0.3, -0.25) is 4.79 Å². The Morgan fingerprint density at radius 2 is 2.04 bits per heavy atom. The van der Waals surface area contributed by atoms with E-state index in [0.717, 1.165) is 19.3 Å². The summed E-state index contributed by atoms with van der Waals surface area (Å²) >= 11 is 0. The lowest BCUT2D eigenvalue weighted by atomic mass is 10.2. The van der Waals surface area contributed by atoms with E-state index in [1.807, 2.05) is 13.8 Å². The SMILES string of the molecule is CCC(C)NC(=O)COC(=O)c1cccc(S(=O)(=O)NC2CC2)c1. The van der Waals surface area contributed by atoms with Crippen molar-refractivity contribution in [1.29, 1.82) is 0 Å². The molecule has 1 amide bonds. The van der Waals surface area contributed by atoms with Gasteiger partial charge in [0.05, 0.1) is 10.5 Å². The van der Waals surface area contributed by atoms with Crippen LogP contribution in [0.25, 0.3) is 0 Å². The highest BCUT2D eigenvalue weighted by atomic mass is 32.2. The van der Waals surface area contributed by atoms with Crippen molar-refractivity contribution in [1.82, 2.24) is 10.0 Å². The minimum Gasteiger partial charge on any atom is -0.452 e. The van der Waals surface area contributed by atoms with Gasteiger partial charge >= 0.3 is 5.97 Å². The minimum absolute atomic E-state index is 0.00169. The molecule has 2 N–H and O–H groups in total. The molecule has 8 heteroatoms. The highest BCUT2D eigenvalue weighted by molar-refractivity contribution is 7.89. The van der Waals surface area contributed by atoms with Gasteiger partial charge in [-0.25, -0.2) is 17.9 Å². The summed E-state index contributed by atoms with van der Waals surface area (Å²) in [6.07, 6.45) is 2.42. The average molecular weight is 354 g/mol. The number of carbonyl (C=O) groups is 2. The predicted molar refractivity (Wildman–Crippen MR) is 88.0 cm³/mol. The molecule has 0 bridgehead atoms. The van der Waals surface area contributed by atoms with E-state index >= 15 is 0 Å². The fraction of sp³-hybridized carbons (Fsp3) is 0.500. The molecular formula is C16H22N2O5S. The summed E-state index contributed by atoms with van der Waals surface area (Å²) in [6, 6.07) is 5.56. The van der Waals surface area contributed by atoms with Crippen LogP contribution in [0.1, 0.15) is 43.5 Å². The average Bonchev–Trinajstić information content (AvgIpc) is 3.35. The number of benzene rings is 1. The molecule has 0 saturated heterocycles. The van der Waals surface area contributed by atoms with Gasteiger partial charge in [-0.05, 0) is 44.4 Å². The maximum atomic E-state index is 12.2. The Hall–Kier alpha value is -1.93. The molecule has 1 aromatic carbocycles. The second-order valence-corrected chi connectivity index (χ2v) is 7.59. The van der Waals surface area contributed by atoms with Crippen LogP contribution < -0.4 is 10.0 Å². The zero-order chi connectivity index (χ0) is 17.7. The lowest BCUT2D eigenvalue weighted by Gasteiger charge is -2.11. The quantitative estimate of drug-likeness (QED) is 0.683. The Labute approximate surface area is 141 Å². The first-order valence-electron chi connectivity index (χ1n) is 7.90. The zero-order valence-corrected chi connectivity index (χ0v) is 14.6. The number of carbonyl (C=O) groups excluding carboxylic acids is 2. The van der Waals surface area contributed by atoms with Crippen molar-refractivity contribution in [3.63, 3.8) is 0 Å². The van der Waals surface area contributed by atoms with Crippen molar-refractivity contribution in [2.24, 2.45) is 0 Å². The van der Waals surface area contributed by atoms with Crippen LogP contribution in [-0.2, 0) is 19.6 Å². The smallest absolute Gasteiger partial charge is 0.338 e. The van der Waals surface area contributed by atoms with Crippen molar-refractivity contribution in [2.45, 2.75) is 50.1 Å². The Kier molecular flexibility index (Phi) is 5.95. The third-order valence-corrected chi connectivity index (χ3v) is 5.15. The zero-order valence-electron chi connectivity index (χ0n) is 13.7. The Morgan fingerprint density at radius 1 is 1.33 bits per heavy atom. The number of rotatable bonds is 8. The Morgan fingerprint density at radius 3 is 2.67 bits per heavy atom. The molecule has 1 aromatic rings. The molecule has 1 aliphatic carbocycles. The van der Waals surface area contributed by atoms with Crippen LogP contribution in [0.2, 0.25) is 0 Å². The lowest BCUT2D eigenvalue weighted by Crippen LogP contribution is -2.35. The molecule has 1 aliphatic rings. The van der Waals surface area contributed by atoms with E-state index in [-0.39, 0.29) is 22.5 Å². The van der Waals surface area contributed by atoms with Gasteiger partial charge in [0.15, 0.2) is 6.61 Å². The van der Waals surface area contributed by atoms with Crippen LogP contribution in [0.4, 0.5) is 0 Å². The maximum absolute atomic E-state index is 12.2. The number of nitrogens with one attached hydrogen (secondary N) is 2. The molecule has 0 heterocycles. The number of hydrogen-bond donors (Lipinski definition) is 2. The maximum Gasteiger partial charge on any atom is 0.338 e. The van der Waals surface area contributed by atoms with Crippen molar-refractivity contribution in [2.75, 3.05) is 6.61 Å². The number of ether oxygens (including phenoxy) is 1. The van der Waals surface area contributed by atoms with E-state index < -0.39 is 28.5 Å². The van der Waals surface area contributed by atoms with Gasteiger partial charge in [0.2, 0.25) is 10.0 Å². The van der Waals surface area contributed by atoms with Crippen LogP contribution in [0.3, 0.4) is 0 Å². The summed E-state index contributed by atoms with van der Waals surface area (Å²) in [4.78, 5) is 23.6. The monoisotopic (exact) mass is 354 g/mol. The van der Waals surface area contributed by atoms with Crippen molar-refractivity contribution >= 4 is 21.9 Å². The van der Waals surface area contributed by atoms with E-state index in [4.69, 9.17) is 4.74 Å². The summed E-state index contributed by atoms with van der Waals surface area (Å²) in [7, 11) is -3.64. The van der Waals surface area contributed by atoms with Gasteiger partial charge < -0.3 is 10.1 Å². The predicted octanol–water partition coefficient (Wildman–Crippen LogP) is 1.20. The highest BCUT2D eigenvalue weighted by Crippen LogP contribution is 2.22. The fourth-order valence-electron chi connectivity index (χ4n) is 1.91. The molecule has 24 heavy (non-hydrogen) atoms. The number of amides is 1. The molecule has 1 atom stereocenters. The molecular weight excluding hydrogens is 332 g/mol. The number of hydrogen-bond acceptors (Lipinski definition) is 5. The molecule has 0 spiro atoms. The van der Waals surface area contributed by atoms with Gasteiger partial charge in [0.1, 0.15) is 0 Å². The molecule has 1 unspecified atom stereocenters. The topological polar surface area (TPSA) is 102 Å². The van der Waals surface area contributed by atoms with E-state index in [0.29, 0.717) is 0 Å². The summed E-state index contributed by atoms with van der Waals surface area (Å²) in [5, 5.41) is 2.68. The van der Waals surface area contributed by atoms with E-state index in [1.54, 1.807) is 0 Å². The van der Waals surface area contributed by atoms with Gasteiger partial charge in [-0.15, -0.1) is 0 Å². The fourth-order valence-corrected chi connectivity index (χ4v) is 3.26. The van der Waals surface area contributed by atoms with Crippen LogP contribution >= 0.6 is 0 Å². The number of sulfonamides is 1. The van der Waals surface area contributed by atoms with Crippen molar-refractivity contribution < 1.29 is 22.7 Å². The van der Waals surface area contributed by atoms with Crippen LogP contribution in [0.15, 0.2) is 29.2 Å². The first kappa shape index (κ1) is 18.4. The summed E-state index contributed by atoms with van der Waals surface area (Å²) in [5.41, 5.74) is 0.0880. The summed E-state index contributed by atoms with van der Waals surface area (Å²) < 4.78 is 31.8. The summed E-state index contributed by atoms with van der Waals surface area (Å²) in [6.45, 7) is 3.37. The first-order valence-corrected chi connectivity index (χ1v) is 9.39. The molecule has 0 aromatic heterocycles. The van der Waals surface area contributed by atoms with Crippen LogP contribution in [-0.4, -0.2) is 39.0 Å². The molecule has 7 nitrogen and oxygen atoms in total. The second-order valence-electron chi connectivity index (χ2n) is 5.88. The molecule has 132 valence electrons. The van der Waals surface area contributed by atoms with E-state index in [2.05, 4.69) is 10.0 Å². The normalized spacial score (nSPS) is 15.6. The van der Waals surface area contributed by atoms with Crippen molar-refractivity contribution in [3.8, 4) is 0 Å².